The normalized spacial score (nSPS) is 12.4. The Bertz CT molecular complexity index is 808. The molecule has 3 rings (SSSR count). The fraction of sp³-hybridized carbons (Fsp3) is 0.273. The zero-order valence-electron chi connectivity index (χ0n) is 14.4. The summed E-state index contributed by atoms with van der Waals surface area (Å²) >= 11 is 0. The monoisotopic (exact) mass is 319 g/mol. The molecule has 1 unspecified atom stereocenters. The van der Waals surface area contributed by atoms with E-state index in [0.717, 1.165) is 19.4 Å². The van der Waals surface area contributed by atoms with Crippen LogP contribution < -0.4 is 5.32 Å². The van der Waals surface area contributed by atoms with Crippen LogP contribution in [0.3, 0.4) is 0 Å². The zero-order valence-corrected chi connectivity index (χ0v) is 14.4. The SMILES string of the molecule is Cc1cccc2c(CC(C)NCCc3ccc(O)cc3)cccc12. The van der Waals surface area contributed by atoms with Gasteiger partial charge in [-0.2, -0.15) is 0 Å². The molecule has 0 heterocycles. The minimum absolute atomic E-state index is 0.325. The van der Waals surface area contributed by atoms with Crippen LogP contribution in [0, 0.1) is 6.92 Å². The second-order valence-corrected chi connectivity index (χ2v) is 6.56. The van der Waals surface area contributed by atoms with Crippen LogP contribution in [0.2, 0.25) is 0 Å². The van der Waals surface area contributed by atoms with Crippen LogP contribution in [-0.2, 0) is 12.8 Å². The van der Waals surface area contributed by atoms with E-state index in [2.05, 4.69) is 55.6 Å². The third-order valence-electron chi connectivity index (χ3n) is 4.60. The van der Waals surface area contributed by atoms with E-state index in [0.29, 0.717) is 11.8 Å². The van der Waals surface area contributed by atoms with E-state index in [1.54, 1.807) is 12.1 Å². The van der Waals surface area contributed by atoms with Gasteiger partial charge in [-0.15, -0.1) is 0 Å². The van der Waals surface area contributed by atoms with Crippen molar-refractivity contribution in [2.24, 2.45) is 0 Å². The smallest absolute Gasteiger partial charge is 0.115 e. The van der Waals surface area contributed by atoms with Crippen molar-refractivity contribution in [1.29, 1.82) is 0 Å². The zero-order chi connectivity index (χ0) is 16.9. The van der Waals surface area contributed by atoms with Crippen LogP contribution in [0.15, 0.2) is 60.7 Å². The van der Waals surface area contributed by atoms with Gasteiger partial charge in [-0.1, -0.05) is 48.5 Å². The molecule has 0 radical (unpaired) electrons. The minimum Gasteiger partial charge on any atom is -0.508 e. The molecule has 0 aliphatic carbocycles. The molecule has 2 nitrogen and oxygen atoms in total. The van der Waals surface area contributed by atoms with Crippen molar-refractivity contribution in [3.8, 4) is 5.75 Å². The van der Waals surface area contributed by atoms with Gasteiger partial charge in [0.15, 0.2) is 0 Å². The fourth-order valence-corrected chi connectivity index (χ4v) is 3.24. The lowest BCUT2D eigenvalue weighted by molar-refractivity contribution is 0.475. The molecule has 0 spiro atoms. The van der Waals surface area contributed by atoms with E-state index in [1.165, 1.54) is 27.5 Å². The maximum absolute atomic E-state index is 9.32. The van der Waals surface area contributed by atoms with Gasteiger partial charge in [-0.3, -0.25) is 0 Å². The quantitative estimate of drug-likeness (QED) is 0.695. The highest BCUT2D eigenvalue weighted by Crippen LogP contribution is 2.23. The molecule has 0 saturated carbocycles. The number of phenols is 1. The number of rotatable bonds is 6. The van der Waals surface area contributed by atoms with Gasteiger partial charge in [-0.25, -0.2) is 0 Å². The summed E-state index contributed by atoms with van der Waals surface area (Å²) in [6.45, 7) is 5.35. The first-order chi connectivity index (χ1) is 11.6. The highest BCUT2D eigenvalue weighted by molar-refractivity contribution is 5.88. The van der Waals surface area contributed by atoms with E-state index in [9.17, 15) is 5.11 Å². The van der Waals surface area contributed by atoms with Crippen molar-refractivity contribution in [1.82, 2.24) is 5.32 Å². The second-order valence-electron chi connectivity index (χ2n) is 6.56. The molecule has 0 saturated heterocycles. The van der Waals surface area contributed by atoms with E-state index < -0.39 is 0 Å². The van der Waals surface area contributed by atoms with E-state index >= 15 is 0 Å². The number of hydrogen-bond donors (Lipinski definition) is 2. The molecule has 2 heteroatoms. The number of aryl methyl sites for hydroxylation is 1. The predicted molar refractivity (Wildman–Crippen MR) is 102 cm³/mol. The maximum atomic E-state index is 9.32. The van der Waals surface area contributed by atoms with Crippen LogP contribution in [0.25, 0.3) is 10.8 Å². The lowest BCUT2D eigenvalue weighted by Crippen LogP contribution is -2.30. The molecule has 0 aliphatic rings. The highest BCUT2D eigenvalue weighted by atomic mass is 16.3. The first-order valence-electron chi connectivity index (χ1n) is 8.62. The molecular weight excluding hydrogens is 294 g/mol. The molecular formula is C22H25NO. The number of nitrogens with one attached hydrogen (secondary N) is 1. The van der Waals surface area contributed by atoms with Crippen LogP contribution in [0.4, 0.5) is 0 Å². The third kappa shape index (κ3) is 3.95. The van der Waals surface area contributed by atoms with Crippen LogP contribution >= 0.6 is 0 Å². The summed E-state index contributed by atoms with van der Waals surface area (Å²) in [5, 5.41) is 15.7. The Hall–Kier alpha value is -2.32. The molecule has 0 fully saturated rings. The second kappa shape index (κ2) is 7.50. The van der Waals surface area contributed by atoms with Crippen LogP contribution in [-0.4, -0.2) is 17.7 Å². The van der Waals surface area contributed by atoms with Gasteiger partial charge in [0.25, 0.3) is 0 Å². The molecule has 3 aromatic rings. The van der Waals surface area contributed by atoms with Gasteiger partial charge >= 0.3 is 0 Å². The Morgan fingerprint density at radius 3 is 2.42 bits per heavy atom. The Labute approximate surface area is 144 Å². The highest BCUT2D eigenvalue weighted by Gasteiger charge is 2.07. The van der Waals surface area contributed by atoms with Crippen molar-refractivity contribution in [3.05, 3.63) is 77.4 Å². The molecule has 3 aromatic carbocycles. The first-order valence-corrected chi connectivity index (χ1v) is 8.62. The number of hydrogen-bond acceptors (Lipinski definition) is 2. The Kier molecular flexibility index (Phi) is 5.17. The van der Waals surface area contributed by atoms with Crippen molar-refractivity contribution in [3.63, 3.8) is 0 Å². The van der Waals surface area contributed by atoms with Gasteiger partial charge in [0.1, 0.15) is 5.75 Å². The summed E-state index contributed by atoms with van der Waals surface area (Å²) in [6.07, 6.45) is 2.00. The summed E-state index contributed by atoms with van der Waals surface area (Å²) in [4.78, 5) is 0. The summed E-state index contributed by atoms with van der Waals surface area (Å²) in [7, 11) is 0. The Morgan fingerprint density at radius 2 is 1.62 bits per heavy atom. The topological polar surface area (TPSA) is 32.3 Å². The summed E-state index contributed by atoms with van der Waals surface area (Å²) in [5.41, 5.74) is 3.98. The molecule has 24 heavy (non-hydrogen) atoms. The van der Waals surface area contributed by atoms with Gasteiger partial charge in [-0.05, 0) is 72.8 Å². The lowest BCUT2D eigenvalue weighted by atomic mass is 9.97. The number of benzene rings is 3. The van der Waals surface area contributed by atoms with Gasteiger partial charge in [0, 0.05) is 6.04 Å². The summed E-state index contributed by atoms with van der Waals surface area (Å²) in [5.74, 6) is 0.325. The van der Waals surface area contributed by atoms with Gasteiger partial charge < -0.3 is 10.4 Å². The van der Waals surface area contributed by atoms with Crippen molar-refractivity contribution >= 4 is 10.8 Å². The molecule has 0 aliphatic heterocycles. The summed E-state index contributed by atoms with van der Waals surface area (Å²) < 4.78 is 0. The van der Waals surface area contributed by atoms with Crippen molar-refractivity contribution < 1.29 is 5.11 Å². The largest absolute Gasteiger partial charge is 0.508 e. The lowest BCUT2D eigenvalue weighted by Gasteiger charge is -2.16. The van der Waals surface area contributed by atoms with Crippen LogP contribution in [0.1, 0.15) is 23.6 Å². The predicted octanol–water partition coefficient (Wildman–Crippen LogP) is 4.62. The van der Waals surface area contributed by atoms with E-state index in [1.807, 2.05) is 12.1 Å². The van der Waals surface area contributed by atoms with E-state index in [-0.39, 0.29) is 0 Å². The molecule has 1 atom stereocenters. The third-order valence-corrected chi connectivity index (χ3v) is 4.60. The van der Waals surface area contributed by atoms with Gasteiger partial charge in [0.05, 0.1) is 0 Å². The fourth-order valence-electron chi connectivity index (χ4n) is 3.24. The average Bonchev–Trinajstić information content (AvgIpc) is 2.58. The first kappa shape index (κ1) is 16.5. The minimum atomic E-state index is 0.325. The molecule has 0 aromatic heterocycles. The van der Waals surface area contributed by atoms with Crippen molar-refractivity contribution in [2.45, 2.75) is 32.7 Å². The standard InChI is InChI=1S/C22H25NO/c1-16-5-3-8-22-19(6-4-7-21(16)22)15-17(2)23-14-13-18-9-11-20(24)12-10-18/h3-12,17,23-24H,13-15H2,1-2H3. The number of phenolic OH excluding ortho intramolecular Hbond substituents is 1. The maximum Gasteiger partial charge on any atom is 0.115 e. The molecule has 0 bridgehead atoms. The Morgan fingerprint density at radius 1 is 0.917 bits per heavy atom. The molecule has 0 amide bonds. The van der Waals surface area contributed by atoms with Gasteiger partial charge in [0.2, 0.25) is 0 Å². The van der Waals surface area contributed by atoms with Crippen LogP contribution in [0.5, 0.6) is 5.75 Å². The van der Waals surface area contributed by atoms with Crippen molar-refractivity contribution in [2.75, 3.05) is 6.54 Å². The number of fused-ring (bicyclic) bond motifs is 1. The molecule has 2 N–H and O–H groups in total. The Balaban J connectivity index is 1.60. The number of aromatic hydroxyl groups is 1. The molecule has 124 valence electrons. The van der Waals surface area contributed by atoms with E-state index in [4.69, 9.17) is 0 Å². The summed E-state index contributed by atoms with van der Waals surface area (Å²) in [6, 6.07) is 21.0. The average molecular weight is 319 g/mol.